The van der Waals surface area contributed by atoms with Gasteiger partial charge in [0.05, 0.1) is 0 Å². The number of aromatic nitrogens is 3. The maximum Gasteiger partial charge on any atom is 0.191 e. The Morgan fingerprint density at radius 1 is 1.31 bits per heavy atom. The van der Waals surface area contributed by atoms with Crippen molar-refractivity contribution in [2.24, 2.45) is 10.9 Å². The lowest BCUT2D eigenvalue weighted by Gasteiger charge is -2.27. The second-order valence-corrected chi connectivity index (χ2v) is 7.31. The van der Waals surface area contributed by atoms with Gasteiger partial charge in [0.15, 0.2) is 17.4 Å². The van der Waals surface area contributed by atoms with Crippen LogP contribution in [0, 0.1) is 5.92 Å². The number of hydrogen-bond donors (Lipinski definition) is 2. The van der Waals surface area contributed by atoms with Gasteiger partial charge in [-0.2, -0.15) is 0 Å². The Labute approximate surface area is 155 Å². The zero-order valence-electron chi connectivity index (χ0n) is 16.1. The molecular weight excluding hydrogens is 326 g/mol. The van der Waals surface area contributed by atoms with E-state index < -0.39 is 0 Å². The van der Waals surface area contributed by atoms with Gasteiger partial charge in [0, 0.05) is 31.9 Å². The van der Waals surface area contributed by atoms with E-state index in [1.807, 2.05) is 28.8 Å². The van der Waals surface area contributed by atoms with Crippen LogP contribution in [0.4, 0.5) is 0 Å². The fourth-order valence-corrected chi connectivity index (χ4v) is 3.54. The van der Waals surface area contributed by atoms with Crippen LogP contribution in [0.3, 0.4) is 0 Å². The highest BCUT2D eigenvalue weighted by molar-refractivity contribution is 5.79. The third-order valence-corrected chi connectivity index (χ3v) is 4.71. The molecule has 1 aliphatic rings. The molecule has 2 aromatic heterocycles. The first-order chi connectivity index (χ1) is 12.7. The fraction of sp³-hybridized carbons (Fsp3) is 0.632. The first kappa shape index (κ1) is 18.6. The highest BCUT2D eigenvalue weighted by atomic mass is 15.3. The number of rotatable bonds is 7. The SMILES string of the molecule is CCNC(=NCc1nnc2ccccn12)NC[C@H]1CCCN1CC(C)C. The van der Waals surface area contributed by atoms with E-state index in [0.717, 1.165) is 30.5 Å². The maximum atomic E-state index is 4.71. The van der Waals surface area contributed by atoms with Gasteiger partial charge in [-0.3, -0.25) is 9.30 Å². The lowest BCUT2D eigenvalue weighted by molar-refractivity contribution is 0.226. The number of hydrogen-bond acceptors (Lipinski definition) is 4. The van der Waals surface area contributed by atoms with Crippen LogP contribution in [0.5, 0.6) is 0 Å². The van der Waals surface area contributed by atoms with Crippen LogP contribution < -0.4 is 10.6 Å². The number of pyridine rings is 1. The number of fused-ring (bicyclic) bond motifs is 1. The molecule has 2 aromatic rings. The van der Waals surface area contributed by atoms with Crippen molar-refractivity contribution in [1.82, 2.24) is 30.1 Å². The standard InChI is InChI=1S/C19H31N7/c1-4-20-19(21-12-16-8-7-10-25(16)14-15(2)3)22-13-18-24-23-17-9-5-6-11-26(17)18/h5-6,9,11,15-16H,4,7-8,10,12-14H2,1-3H3,(H2,20,21,22)/t16-/m1/s1. The molecule has 142 valence electrons. The van der Waals surface area contributed by atoms with Crippen LogP contribution in [0.25, 0.3) is 5.65 Å². The molecule has 7 heteroatoms. The maximum absolute atomic E-state index is 4.71. The Balaban J connectivity index is 1.60. The summed E-state index contributed by atoms with van der Waals surface area (Å²) in [5.41, 5.74) is 0.853. The number of likely N-dealkylation sites (tertiary alicyclic amines) is 1. The van der Waals surface area contributed by atoms with E-state index in [0.29, 0.717) is 18.5 Å². The minimum atomic E-state index is 0.501. The lowest BCUT2D eigenvalue weighted by Crippen LogP contribution is -2.45. The van der Waals surface area contributed by atoms with Gasteiger partial charge < -0.3 is 10.6 Å². The van der Waals surface area contributed by atoms with Crippen molar-refractivity contribution in [3.05, 3.63) is 30.2 Å². The Bertz CT molecular complexity index is 722. The first-order valence-electron chi connectivity index (χ1n) is 9.72. The van der Waals surface area contributed by atoms with Crippen molar-refractivity contribution in [2.45, 2.75) is 46.2 Å². The fourth-order valence-electron chi connectivity index (χ4n) is 3.54. The van der Waals surface area contributed by atoms with Gasteiger partial charge in [0.2, 0.25) is 0 Å². The average Bonchev–Trinajstić information content (AvgIpc) is 3.24. The van der Waals surface area contributed by atoms with Crippen LogP contribution in [0.2, 0.25) is 0 Å². The zero-order valence-corrected chi connectivity index (χ0v) is 16.1. The van der Waals surface area contributed by atoms with Crippen molar-refractivity contribution >= 4 is 11.6 Å². The summed E-state index contributed by atoms with van der Waals surface area (Å²) in [6.45, 7) is 11.3. The van der Waals surface area contributed by atoms with Crippen LogP contribution in [0.15, 0.2) is 29.4 Å². The van der Waals surface area contributed by atoms with Gasteiger partial charge in [-0.15, -0.1) is 10.2 Å². The first-order valence-corrected chi connectivity index (χ1v) is 9.72. The van der Waals surface area contributed by atoms with Crippen LogP contribution >= 0.6 is 0 Å². The normalized spacial score (nSPS) is 18.8. The molecule has 0 aliphatic carbocycles. The minimum absolute atomic E-state index is 0.501. The minimum Gasteiger partial charge on any atom is -0.357 e. The second-order valence-electron chi connectivity index (χ2n) is 7.31. The van der Waals surface area contributed by atoms with Gasteiger partial charge in [0.1, 0.15) is 6.54 Å². The molecule has 0 amide bonds. The molecule has 1 aliphatic heterocycles. The van der Waals surface area contributed by atoms with E-state index in [4.69, 9.17) is 4.99 Å². The molecule has 0 bridgehead atoms. The summed E-state index contributed by atoms with van der Waals surface area (Å²) in [5.74, 6) is 2.40. The molecule has 3 heterocycles. The third kappa shape index (κ3) is 4.72. The topological polar surface area (TPSA) is 69.8 Å². The van der Waals surface area contributed by atoms with Gasteiger partial charge >= 0.3 is 0 Å². The number of guanidine groups is 1. The van der Waals surface area contributed by atoms with Gasteiger partial charge in [-0.1, -0.05) is 19.9 Å². The van der Waals surface area contributed by atoms with E-state index in [2.05, 4.69) is 46.5 Å². The summed E-state index contributed by atoms with van der Waals surface area (Å²) in [7, 11) is 0. The van der Waals surface area contributed by atoms with Crippen LogP contribution in [-0.4, -0.2) is 57.7 Å². The number of nitrogens with zero attached hydrogens (tertiary/aromatic N) is 5. The summed E-state index contributed by atoms with van der Waals surface area (Å²) < 4.78 is 1.98. The van der Waals surface area contributed by atoms with Gasteiger partial charge in [-0.05, 0) is 44.4 Å². The molecule has 1 atom stereocenters. The van der Waals surface area contributed by atoms with Crippen molar-refractivity contribution < 1.29 is 0 Å². The number of aliphatic imine (C=N–C) groups is 1. The van der Waals surface area contributed by atoms with E-state index in [-0.39, 0.29) is 0 Å². The average molecular weight is 358 g/mol. The zero-order chi connectivity index (χ0) is 18.4. The lowest BCUT2D eigenvalue weighted by atomic mass is 10.1. The molecule has 26 heavy (non-hydrogen) atoms. The Kier molecular flexibility index (Phi) is 6.44. The monoisotopic (exact) mass is 357 g/mol. The van der Waals surface area contributed by atoms with Crippen molar-refractivity contribution in [3.63, 3.8) is 0 Å². The molecule has 7 nitrogen and oxygen atoms in total. The molecule has 3 rings (SSSR count). The highest BCUT2D eigenvalue weighted by Crippen LogP contribution is 2.17. The molecule has 0 aromatic carbocycles. The Morgan fingerprint density at radius 3 is 3.00 bits per heavy atom. The second kappa shape index (κ2) is 8.98. The van der Waals surface area contributed by atoms with E-state index in [1.54, 1.807) is 0 Å². The molecule has 1 fully saturated rings. The molecular formula is C19H31N7. The van der Waals surface area contributed by atoms with Gasteiger partial charge in [0.25, 0.3) is 0 Å². The Hall–Kier alpha value is -2.15. The summed E-state index contributed by atoms with van der Waals surface area (Å²) in [6, 6.07) is 6.49. The molecule has 1 saturated heterocycles. The molecule has 0 saturated carbocycles. The van der Waals surface area contributed by atoms with E-state index in [9.17, 15) is 0 Å². The number of nitrogens with one attached hydrogen (secondary N) is 2. The smallest absolute Gasteiger partial charge is 0.191 e. The highest BCUT2D eigenvalue weighted by Gasteiger charge is 2.24. The Morgan fingerprint density at radius 2 is 2.19 bits per heavy atom. The predicted molar refractivity (Wildman–Crippen MR) is 105 cm³/mol. The molecule has 0 unspecified atom stereocenters. The van der Waals surface area contributed by atoms with Crippen molar-refractivity contribution in [1.29, 1.82) is 0 Å². The van der Waals surface area contributed by atoms with Gasteiger partial charge in [-0.25, -0.2) is 4.99 Å². The quantitative estimate of drug-likeness (QED) is 0.585. The summed E-state index contributed by atoms with van der Waals surface area (Å²) in [4.78, 5) is 7.31. The van der Waals surface area contributed by atoms with E-state index in [1.165, 1.54) is 25.9 Å². The largest absolute Gasteiger partial charge is 0.357 e. The molecule has 0 radical (unpaired) electrons. The van der Waals surface area contributed by atoms with Crippen molar-refractivity contribution in [3.8, 4) is 0 Å². The van der Waals surface area contributed by atoms with Crippen LogP contribution in [0.1, 0.15) is 39.4 Å². The van der Waals surface area contributed by atoms with Crippen molar-refractivity contribution in [2.75, 3.05) is 26.2 Å². The predicted octanol–water partition coefficient (Wildman–Crippen LogP) is 1.90. The molecule has 0 spiro atoms. The van der Waals surface area contributed by atoms with Crippen LogP contribution in [-0.2, 0) is 6.54 Å². The third-order valence-electron chi connectivity index (χ3n) is 4.71. The summed E-state index contributed by atoms with van der Waals surface area (Å²) >= 11 is 0. The molecule has 2 N–H and O–H groups in total. The van der Waals surface area contributed by atoms with E-state index >= 15 is 0 Å². The summed E-state index contributed by atoms with van der Waals surface area (Å²) in [5, 5.41) is 15.3. The summed E-state index contributed by atoms with van der Waals surface area (Å²) in [6.07, 6.45) is 4.52.